The minimum Gasteiger partial charge on any atom is -0.496 e. The third-order valence-electron chi connectivity index (χ3n) is 4.11. The van der Waals surface area contributed by atoms with Crippen LogP contribution in [0.2, 0.25) is 0 Å². The average molecular weight is 375 g/mol. The molecule has 1 unspecified atom stereocenters. The monoisotopic (exact) mass is 374 g/mol. The predicted molar refractivity (Wildman–Crippen MR) is 93.8 cm³/mol. The van der Waals surface area contributed by atoms with Gasteiger partial charge in [-0.05, 0) is 34.1 Å². The van der Waals surface area contributed by atoms with Crippen LogP contribution in [0.1, 0.15) is 22.0 Å². The molecule has 1 saturated heterocycles. The van der Waals surface area contributed by atoms with Gasteiger partial charge in [-0.3, -0.25) is 4.79 Å². The number of nitrogens with zero attached hydrogens (tertiary/aromatic N) is 1. The summed E-state index contributed by atoms with van der Waals surface area (Å²) in [5, 5.41) is 3.37. The third-order valence-corrected chi connectivity index (χ3v) is 4.80. The smallest absolute Gasteiger partial charge is 0.255 e. The third kappa shape index (κ3) is 3.26. The van der Waals surface area contributed by atoms with E-state index in [2.05, 4.69) is 21.2 Å². The number of hydrogen-bond donors (Lipinski definition) is 1. The molecule has 1 fully saturated rings. The summed E-state index contributed by atoms with van der Waals surface area (Å²) in [7, 11) is 1.66. The molecule has 120 valence electrons. The lowest BCUT2D eigenvalue weighted by molar-refractivity contribution is 0.0630. The highest BCUT2D eigenvalue weighted by Gasteiger charge is 2.31. The fraction of sp³-hybridized carbons (Fsp3) is 0.278. The molecule has 3 rings (SSSR count). The minimum atomic E-state index is -0.0421. The van der Waals surface area contributed by atoms with Gasteiger partial charge in [0.1, 0.15) is 5.75 Å². The number of halogens is 1. The number of methoxy groups -OCH3 is 1. The summed E-state index contributed by atoms with van der Waals surface area (Å²) in [6.07, 6.45) is 0. The highest BCUT2D eigenvalue weighted by atomic mass is 79.9. The van der Waals surface area contributed by atoms with E-state index in [0.29, 0.717) is 12.1 Å². The second-order valence-corrected chi connectivity index (χ2v) is 6.29. The molecule has 0 aromatic heterocycles. The first-order valence-corrected chi connectivity index (χ1v) is 8.41. The van der Waals surface area contributed by atoms with Gasteiger partial charge in [0.25, 0.3) is 5.91 Å². The maximum atomic E-state index is 13.0. The number of ether oxygens (including phenoxy) is 1. The lowest BCUT2D eigenvalue weighted by Crippen LogP contribution is -2.48. The molecule has 2 aromatic rings. The fourth-order valence-electron chi connectivity index (χ4n) is 2.96. The summed E-state index contributed by atoms with van der Waals surface area (Å²) < 4.78 is 6.30. The van der Waals surface area contributed by atoms with E-state index in [1.807, 2.05) is 53.4 Å². The summed E-state index contributed by atoms with van der Waals surface area (Å²) in [4.78, 5) is 15.0. The molecule has 0 saturated carbocycles. The molecule has 23 heavy (non-hydrogen) atoms. The molecule has 1 amide bonds. The number of benzene rings is 2. The Morgan fingerprint density at radius 3 is 2.74 bits per heavy atom. The second-order valence-electron chi connectivity index (χ2n) is 5.44. The van der Waals surface area contributed by atoms with Crippen molar-refractivity contribution in [3.05, 3.63) is 64.1 Å². The van der Waals surface area contributed by atoms with Crippen LogP contribution in [0.25, 0.3) is 0 Å². The van der Waals surface area contributed by atoms with Gasteiger partial charge in [-0.1, -0.05) is 30.3 Å². The van der Waals surface area contributed by atoms with Gasteiger partial charge < -0.3 is 15.0 Å². The van der Waals surface area contributed by atoms with Gasteiger partial charge in [-0.25, -0.2) is 0 Å². The Morgan fingerprint density at radius 2 is 1.96 bits per heavy atom. The van der Waals surface area contributed by atoms with Crippen molar-refractivity contribution in [1.82, 2.24) is 10.2 Å². The van der Waals surface area contributed by atoms with Crippen LogP contribution >= 0.6 is 15.9 Å². The van der Waals surface area contributed by atoms with Crippen molar-refractivity contribution in [3.8, 4) is 5.75 Å². The van der Waals surface area contributed by atoms with Crippen molar-refractivity contribution >= 4 is 21.8 Å². The Bertz CT molecular complexity index is 705. The molecule has 0 spiro atoms. The fourth-order valence-corrected chi connectivity index (χ4v) is 3.41. The largest absolute Gasteiger partial charge is 0.496 e. The maximum Gasteiger partial charge on any atom is 0.255 e. The van der Waals surface area contributed by atoms with Crippen molar-refractivity contribution in [2.45, 2.75) is 6.04 Å². The zero-order chi connectivity index (χ0) is 16.2. The summed E-state index contributed by atoms with van der Waals surface area (Å²) in [6.45, 7) is 2.18. The molecular formula is C18H19BrN2O2. The van der Waals surface area contributed by atoms with E-state index < -0.39 is 0 Å². The summed E-state index contributed by atoms with van der Waals surface area (Å²) in [5.41, 5.74) is 1.72. The topological polar surface area (TPSA) is 41.6 Å². The van der Waals surface area contributed by atoms with Crippen LogP contribution in [0.5, 0.6) is 5.75 Å². The Labute approximate surface area is 144 Å². The van der Waals surface area contributed by atoms with Gasteiger partial charge in [-0.15, -0.1) is 0 Å². The van der Waals surface area contributed by atoms with Gasteiger partial charge in [-0.2, -0.15) is 0 Å². The molecule has 1 heterocycles. The van der Waals surface area contributed by atoms with E-state index >= 15 is 0 Å². The molecule has 1 atom stereocenters. The summed E-state index contributed by atoms with van der Waals surface area (Å²) in [6, 6.07) is 15.4. The van der Waals surface area contributed by atoms with Gasteiger partial charge >= 0.3 is 0 Å². The van der Waals surface area contributed by atoms with Gasteiger partial charge in [0.15, 0.2) is 0 Å². The lowest BCUT2D eigenvalue weighted by atomic mass is 10.0. The van der Waals surface area contributed by atoms with Crippen LogP contribution in [-0.4, -0.2) is 37.6 Å². The number of para-hydroxylation sites is 1. The van der Waals surface area contributed by atoms with Crippen LogP contribution in [0.4, 0.5) is 0 Å². The molecule has 1 N–H and O–H groups in total. The van der Waals surface area contributed by atoms with E-state index in [1.165, 1.54) is 0 Å². The zero-order valence-corrected chi connectivity index (χ0v) is 14.5. The quantitative estimate of drug-likeness (QED) is 0.896. The highest BCUT2D eigenvalue weighted by molar-refractivity contribution is 9.10. The van der Waals surface area contributed by atoms with Gasteiger partial charge in [0.05, 0.1) is 18.7 Å². The molecule has 1 aliphatic heterocycles. The van der Waals surface area contributed by atoms with Crippen LogP contribution in [0.3, 0.4) is 0 Å². The van der Waals surface area contributed by atoms with Crippen molar-refractivity contribution in [1.29, 1.82) is 0 Å². The Hall–Kier alpha value is -1.85. The first-order chi connectivity index (χ1) is 11.2. The second kappa shape index (κ2) is 7.15. The number of amides is 1. The Morgan fingerprint density at radius 1 is 1.22 bits per heavy atom. The molecule has 5 heteroatoms. The Balaban J connectivity index is 1.96. The van der Waals surface area contributed by atoms with Gasteiger partial charge in [0.2, 0.25) is 0 Å². The molecular weight excluding hydrogens is 356 g/mol. The van der Waals surface area contributed by atoms with E-state index in [0.717, 1.165) is 28.9 Å². The first-order valence-electron chi connectivity index (χ1n) is 7.61. The molecule has 4 nitrogen and oxygen atoms in total. The molecule has 2 aromatic carbocycles. The number of hydrogen-bond acceptors (Lipinski definition) is 3. The van der Waals surface area contributed by atoms with Crippen molar-refractivity contribution in [2.24, 2.45) is 0 Å². The first kappa shape index (κ1) is 16.0. The van der Waals surface area contributed by atoms with Crippen molar-refractivity contribution < 1.29 is 9.53 Å². The van der Waals surface area contributed by atoms with E-state index in [-0.39, 0.29) is 11.9 Å². The molecule has 0 aliphatic carbocycles. The normalized spacial score (nSPS) is 17.8. The zero-order valence-electron chi connectivity index (χ0n) is 13.0. The van der Waals surface area contributed by atoms with Crippen LogP contribution < -0.4 is 10.1 Å². The van der Waals surface area contributed by atoms with Crippen LogP contribution in [-0.2, 0) is 0 Å². The number of carbonyl (C=O) groups excluding carboxylic acids is 1. The number of carbonyl (C=O) groups is 1. The van der Waals surface area contributed by atoms with Gasteiger partial charge in [0, 0.05) is 29.7 Å². The van der Waals surface area contributed by atoms with Crippen LogP contribution in [0, 0.1) is 0 Å². The standard InChI is InChI=1S/C18H19BrN2O2/c1-23-17-9-5-3-7-14(17)16-12-20-10-11-21(16)18(22)13-6-2-4-8-15(13)19/h2-9,16,20H,10-12H2,1H3. The summed E-state index contributed by atoms with van der Waals surface area (Å²) in [5.74, 6) is 0.848. The lowest BCUT2D eigenvalue weighted by Gasteiger charge is -2.37. The van der Waals surface area contributed by atoms with Crippen LogP contribution in [0.15, 0.2) is 53.0 Å². The number of piperazine rings is 1. The number of nitrogens with one attached hydrogen (secondary N) is 1. The Kier molecular flexibility index (Phi) is 4.98. The van der Waals surface area contributed by atoms with E-state index in [4.69, 9.17) is 4.74 Å². The molecule has 1 aliphatic rings. The highest BCUT2D eigenvalue weighted by Crippen LogP contribution is 2.32. The molecule has 0 radical (unpaired) electrons. The SMILES string of the molecule is COc1ccccc1C1CNCCN1C(=O)c1ccccc1Br. The molecule has 0 bridgehead atoms. The number of rotatable bonds is 3. The van der Waals surface area contributed by atoms with E-state index in [1.54, 1.807) is 7.11 Å². The summed E-state index contributed by atoms with van der Waals surface area (Å²) >= 11 is 3.48. The maximum absolute atomic E-state index is 13.0. The predicted octanol–water partition coefficient (Wildman–Crippen LogP) is 3.24. The average Bonchev–Trinajstić information content (AvgIpc) is 2.61. The van der Waals surface area contributed by atoms with Crippen molar-refractivity contribution in [3.63, 3.8) is 0 Å². The van der Waals surface area contributed by atoms with Crippen molar-refractivity contribution in [2.75, 3.05) is 26.7 Å². The van der Waals surface area contributed by atoms with E-state index in [9.17, 15) is 4.79 Å². The minimum absolute atomic E-state index is 0.0369.